The lowest BCUT2D eigenvalue weighted by Crippen LogP contribution is -2.42. The molecule has 0 fully saturated rings. The second kappa shape index (κ2) is 10.2. The molecule has 0 saturated heterocycles. The third-order valence-electron chi connectivity index (χ3n) is 4.93. The molecule has 0 bridgehead atoms. The first-order valence-electron chi connectivity index (χ1n) is 10.2. The van der Waals surface area contributed by atoms with Crippen LogP contribution in [-0.4, -0.2) is 33.0 Å². The molecule has 0 radical (unpaired) electrons. The summed E-state index contributed by atoms with van der Waals surface area (Å²) in [5.74, 6) is -0.486. The molecule has 32 heavy (non-hydrogen) atoms. The number of aromatic nitrogens is 2. The number of imidazole rings is 1. The van der Waals surface area contributed by atoms with Gasteiger partial charge in [-0.2, -0.15) is 13.2 Å². The lowest BCUT2D eigenvalue weighted by molar-refractivity contribution is -0.137. The zero-order chi connectivity index (χ0) is 23.3. The monoisotopic (exact) mass is 463 g/mol. The molecule has 0 unspecified atom stereocenters. The lowest BCUT2D eigenvalue weighted by atomic mass is 10.0. The van der Waals surface area contributed by atoms with E-state index in [-0.39, 0.29) is 17.4 Å². The average Bonchev–Trinajstić information content (AvgIpc) is 3.09. The number of fused-ring (bicyclic) bond motifs is 1. The number of amides is 1. The van der Waals surface area contributed by atoms with Crippen molar-refractivity contribution < 1.29 is 22.8 Å². The van der Waals surface area contributed by atoms with Crippen LogP contribution in [0.2, 0.25) is 0 Å². The van der Waals surface area contributed by atoms with Gasteiger partial charge >= 0.3 is 6.18 Å². The normalized spacial score (nSPS) is 12.7. The lowest BCUT2D eigenvalue weighted by Gasteiger charge is -2.16. The van der Waals surface area contributed by atoms with Gasteiger partial charge in [0.05, 0.1) is 28.4 Å². The summed E-state index contributed by atoms with van der Waals surface area (Å²) in [6, 6.07) is 12.2. The van der Waals surface area contributed by atoms with Crippen molar-refractivity contribution in [3.63, 3.8) is 0 Å². The smallest absolute Gasteiger partial charge is 0.345 e. The summed E-state index contributed by atoms with van der Waals surface area (Å²) >= 11 is 1.14. The molecular formula is C23H24F3N3O2S. The van der Waals surface area contributed by atoms with Crippen LogP contribution in [0, 0.1) is 0 Å². The molecule has 1 amide bonds. The fourth-order valence-electron chi connectivity index (χ4n) is 3.34. The summed E-state index contributed by atoms with van der Waals surface area (Å²) in [5, 5.41) is 3.23. The van der Waals surface area contributed by atoms with Crippen LogP contribution < -0.4 is 5.32 Å². The highest BCUT2D eigenvalue weighted by molar-refractivity contribution is 7.99. The SMILES string of the molecule is CCCn1c(SCC(=O)N[C@H](Cc2ccccc2)C(C)=O)nc2ccc(C(F)(F)F)cc21. The van der Waals surface area contributed by atoms with Gasteiger partial charge in [0.1, 0.15) is 0 Å². The van der Waals surface area contributed by atoms with E-state index >= 15 is 0 Å². The Morgan fingerprint density at radius 1 is 1.16 bits per heavy atom. The summed E-state index contributed by atoms with van der Waals surface area (Å²) < 4.78 is 41.1. The summed E-state index contributed by atoms with van der Waals surface area (Å²) in [6.07, 6.45) is -3.35. The molecule has 1 atom stereocenters. The molecule has 0 aliphatic heterocycles. The van der Waals surface area contributed by atoms with Crippen molar-refractivity contribution in [1.82, 2.24) is 14.9 Å². The molecule has 2 aromatic carbocycles. The number of thioether (sulfide) groups is 1. The van der Waals surface area contributed by atoms with E-state index in [0.29, 0.717) is 35.6 Å². The quantitative estimate of drug-likeness (QED) is 0.460. The number of carbonyl (C=O) groups is 2. The van der Waals surface area contributed by atoms with E-state index in [9.17, 15) is 22.8 Å². The summed E-state index contributed by atoms with van der Waals surface area (Å²) in [5.41, 5.74) is 1.03. The predicted octanol–water partition coefficient (Wildman–Crippen LogP) is 4.87. The first-order chi connectivity index (χ1) is 15.2. The third-order valence-corrected chi connectivity index (χ3v) is 5.91. The Hall–Kier alpha value is -2.81. The molecule has 0 spiro atoms. The van der Waals surface area contributed by atoms with Gasteiger partial charge in [-0.05, 0) is 43.5 Å². The van der Waals surface area contributed by atoms with E-state index in [1.807, 2.05) is 37.3 Å². The number of nitrogens with one attached hydrogen (secondary N) is 1. The Morgan fingerprint density at radius 3 is 2.50 bits per heavy atom. The number of ketones is 1. The Morgan fingerprint density at radius 2 is 1.88 bits per heavy atom. The molecule has 3 rings (SSSR count). The number of hydrogen-bond donors (Lipinski definition) is 1. The molecule has 1 N–H and O–H groups in total. The summed E-state index contributed by atoms with van der Waals surface area (Å²) in [4.78, 5) is 28.9. The number of Topliss-reactive ketones (excluding diaryl/α,β-unsaturated/α-hetero) is 1. The number of hydrogen-bond acceptors (Lipinski definition) is 4. The maximum absolute atomic E-state index is 13.1. The minimum Gasteiger partial charge on any atom is -0.345 e. The average molecular weight is 464 g/mol. The Balaban J connectivity index is 1.73. The molecule has 3 aromatic rings. The van der Waals surface area contributed by atoms with E-state index < -0.39 is 17.8 Å². The van der Waals surface area contributed by atoms with Crippen molar-refractivity contribution in [3.05, 3.63) is 59.7 Å². The third kappa shape index (κ3) is 5.91. The van der Waals surface area contributed by atoms with Crippen LogP contribution in [0.1, 0.15) is 31.4 Å². The number of carbonyl (C=O) groups excluding carboxylic acids is 2. The van der Waals surface area contributed by atoms with Crippen LogP contribution in [-0.2, 0) is 28.7 Å². The van der Waals surface area contributed by atoms with Gasteiger partial charge in [0.2, 0.25) is 5.91 Å². The summed E-state index contributed by atoms with van der Waals surface area (Å²) in [6.45, 7) is 3.83. The van der Waals surface area contributed by atoms with Gasteiger partial charge in [-0.3, -0.25) is 9.59 Å². The van der Waals surface area contributed by atoms with Gasteiger partial charge in [0.25, 0.3) is 0 Å². The zero-order valence-corrected chi connectivity index (χ0v) is 18.6. The van der Waals surface area contributed by atoms with Gasteiger partial charge in [-0.1, -0.05) is 49.0 Å². The number of rotatable bonds is 9. The Kier molecular flexibility index (Phi) is 7.60. The standard InChI is InChI=1S/C23H24F3N3O2S/c1-3-11-29-20-13-17(23(24,25)26)9-10-18(20)28-22(29)32-14-21(31)27-19(15(2)30)12-16-7-5-4-6-8-16/h4-10,13,19H,3,11-12,14H2,1-2H3,(H,27,31)/t19-/m1/s1. The van der Waals surface area contributed by atoms with E-state index in [1.165, 1.54) is 13.0 Å². The minimum atomic E-state index is -4.44. The molecule has 0 aliphatic rings. The highest BCUT2D eigenvalue weighted by Gasteiger charge is 2.31. The van der Waals surface area contributed by atoms with Crippen LogP contribution >= 0.6 is 11.8 Å². The first-order valence-corrected chi connectivity index (χ1v) is 11.2. The van der Waals surface area contributed by atoms with E-state index in [0.717, 1.165) is 29.5 Å². The van der Waals surface area contributed by atoms with Crippen LogP contribution in [0.4, 0.5) is 13.2 Å². The highest BCUT2D eigenvalue weighted by Crippen LogP contribution is 2.33. The van der Waals surface area contributed by atoms with Crippen molar-refractivity contribution in [2.24, 2.45) is 0 Å². The highest BCUT2D eigenvalue weighted by atomic mass is 32.2. The fourth-order valence-corrected chi connectivity index (χ4v) is 4.19. The molecule has 0 aliphatic carbocycles. The van der Waals surface area contributed by atoms with Crippen LogP contribution in [0.5, 0.6) is 0 Å². The second-order valence-corrected chi connectivity index (χ2v) is 8.40. The van der Waals surface area contributed by atoms with E-state index in [1.54, 1.807) is 4.57 Å². The number of nitrogens with zero attached hydrogens (tertiary/aromatic N) is 2. The van der Waals surface area contributed by atoms with Crippen molar-refractivity contribution in [2.75, 3.05) is 5.75 Å². The van der Waals surface area contributed by atoms with Crippen molar-refractivity contribution in [2.45, 2.75) is 50.6 Å². The van der Waals surface area contributed by atoms with E-state index in [4.69, 9.17) is 0 Å². The Labute approximate surface area is 188 Å². The van der Waals surface area contributed by atoms with Crippen LogP contribution in [0.25, 0.3) is 11.0 Å². The predicted molar refractivity (Wildman–Crippen MR) is 119 cm³/mol. The molecule has 170 valence electrons. The van der Waals surface area contributed by atoms with Gasteiger partial charge in [0, 0.05) is 6.54 Å². The molecule has 9 heteroatoms. The number of alkyl halides is 3. The van der Waals surface area contributed by atoms with Crippen molar-refractivity contribution >= 4 is 34.5 Å². The maximum atomic E-state index is 13.1. The fraction of sp³-hybridized carbons (Fsp3) is 0.348. The number of halogens is 3. The zero-order valence-electron chi connectivity index (χ0n) is 17.8. The van der Waals surface area contributed by atoms with Crippen LogP contribution in [0.3, 0.4) is 0 Å². The topological polar surface area (TPSA) is 64.0 Å². The summed E-state index contributed by atoms with van der Waals surface area (Å²) in [7, 11) is 0. The first kappa shape index (κ1) is 23.8. The molecular weight excluding hydrogens is 439 g/mol. The van der Waals surface area contributed by atoms with Crippen molar-refractivity contribution in [3.8, 4) is 0 Å². The largest absolute Gasteiger partial charge is 0.416 e. The molecule has 1 aromatic heterocycles. The maximum Gasteiger partial charge on any atom is 0.416 e. The second-order valence-electron chi connectivity index (χ2n) is 7.46. The molecule has 0 saturated carbocycles. The van der Waals surface area contributed by atoms with Gasteiger partial charge in [0.15, 0.2) is 10.9 Å². The van der Waals surface area contributed by atoms with Crippen LogP contribution in [0.15, 0.2) is 53.7 Å². The minimum absolute atomic E-state index is 0.00225. The molecule has 5 nitrogen and oxygen atoms in total. The van der Waals surface area contributed by atoms with Gasteiger partial charge in [-0.25, -0.2) is 4.98 Å². The van der Waals surface area contributed by atoms with Crippen molar-refractivity contribution in [1.29, 1.82) is 0 Å². The van der Waals surface area contributed by atoms with E-state index in [2.05, 4.69) is 10.3 Å². The molecule has 1 heterocycles. The number of benzene rings is 2. The Bertz CT molecular complexity index is 1100. The van der Waals surface area contributed by atoms with Gasteiger partial charge in [-0.15, -0.1) is 0 Å². The number of aryl methyl sites for hydroxylation is 1. The van der Waals surface area contributed by atoms with Gasteiger partial charge < -0.3 is 9.88 Å².